The van der Waals surface area contributed by atoms with Gasteiger partial charge in [-0.05, 0) is 115 Å². The van der Waals surface area contributed by atoms with E-state index in [0.29, 0.717) is 0 Å². The Morgan fingerprint density at radius 3 is 1.20 bits per heavy atom. The van der Waals surface area contributed by atoms with Gasteiger partial charge in [-0.3, -0.25) is 0 Å². The first-order valence-corrected chi connectivity index (χ1v) is 21.2. The summed E-state index contributed by atoms with van der Waals surface area (Å²) in [7, 11) is -2.57. The van der Waals surface area contributed by atoms with E-state index in [0.717, 1.165) is 0 Å². The van der Waals surface area contributed by atoms with Gasteiger partial charge in [0.05, 0.1) is 0 Å². The molecule has 2 heterocycles. The van der Waals surface area contributed by atoms with Gasteiger partial charge in [-0.25, -0.2) is 0 Å². The minimum Gasteiger partial charge on any atom is -0.0623 e. The molecule has 9 aromatic rings. The summed E-state index contributed by atoms with van der Waals surface area (Å²) in [6, 6.07) is 69.6. The standard InChI is InChI=1S/C53H36Si/c1-53(2)45-23-11-7-15-35(45)36-29-27-33(31-46(36)53)51-41-19-3-5-21-43(41)52(44-22-6-4-20-42(44)51)34-28-30-40-39-18-10-14-26-49(39)54(50(40)32-34)47-24-12-8-16-37(47)38-17-9-13-25-48(38)54/h3-32H,1-2H3. The Morgan fingerprint density at radius 1 is 0.315 bits per heavy atom. The fraction of sp³-hybridized carbons (Fsp3) is 0.0566. The van der Waals surface area contributed by atoms with E-state index in [1.165, 1.54) is 109 Å². The molecule has 0 amide bonds. The second kappa shape index (κ2) is 10.7. The smallest absolute Gasteiger partial charge is 0.0623 e. The Balaban J connectivity index is 1.14. The zero-order valence-electron chi connectivity index (χ0n) is 30.3. The molecule has 9 aromatic carbocycles. The zero-order chi connectivity index (χ0) is 35.8. The van der Waals surface area contributed by atoms with E-state index in [2.05, 4.69) is 196 Å². The summed E-state index contributed by atoms with van der Waals surface area (Å²) in [4.78, 5) is 0. The molecule has 0 N–H and O–H groups in total. The summed E-state index contributed by atoms with van der Waals surface area (Å²) >= 11 is 0. The maximum absolute atomic E-state index is 2.60. The predicted molar refractivity (Wildman–Crippen MR) is 231 cm³/mol. The van der Waals surface area contributed by atoms with E-state index < -0.39 is 8.07 Å². The van der Waals surface area contributed by atoms with Gasteiger partial charge in [0, 0.05) is 5.41 Å². The molecule has 0 saturated heterocycles. The highest BCUT2D eigenvalue weighted by atomic mass is 28.3. The molecule has 54 heavy (non-hydrogen) atoms. The molecular weight excluding hydrogens is 665 g/mol. The van der Waals surface area contributed by atoms with Gasteiger partial charge in [0.25, 0.3) is 0 Å². The third-order valence-corrected chi connectivity index (χ3v) is 18.0. The van der Waals surface area contributed by atoms with Gasteiger partial charge in [-0.1, -0.05) is 190 Å². The van der Waals surface area contributed by atoms with Crippen LogP contribution in [0.25, 0.3) is 77.2 Å². The fourth-order valence-electron chi connectivity index (χ4n) is 10.9. The summed E-state index contributed by atoms with van der Waals surface area (Å²) in [5.74, 6) is 0. The van der Waals surface area contributed by atoms with Gasteiger partial charge in [0.1, 0.15) is 0 Å². The van der Waals surface area contributed by atoms with E-state index >= 15 is 0 Å². The Bertz CT molecular complexity index is 2970. The second-order valence-electron chi connectivity index (χ2n) is 15.9. The lowest BCUT2D eigenvalue weighted by Gasteiger charge is -2.28. The maximum atomic E-state index is 2.60. The lowest BCUT2D eigenvalue weighted by molar-refractivity contribution is 0.660. The Kier molecular flexibility index (Phi) is 5.96. The van der Waals surface area contributed by atoms with Crippen molar-refractivity contribution in [3.05, 3.63) is 193 Å². The molecule has 0 atom stereocenters. The molecule has 252 valence electrons. The van der Waals surface area contributed by atoms with Gasteiger partial charge in [-0.15, -0.1) is 0 Å². The van der Waals surface area contributed by atoms with Crippen molar-refractivity contribution in [1.82, 2.24) is 0 Å². The molecule has 1 spiro atoms. The number of hydrogen-bond acceptors (Lipinski definition) is 0. The highest BCUT2D eigenvalue weighted by Gasteiger charge is 2.53. The number of rotatable bonds is 2. The molecule has 0 saturated carbocycles. The van der Waals surface area contributed by atoms with Crippen molar-refractivity contribution in [2.24, 2.45) is 0 Å². The maximum Gasteiger partial charge on any atom is 0.182 e. The molecule has 0 unspecified atom stereocenters. The van der Waals surface area contributed by atoms with Crippen LogP contribution in [0.5, 0.6) is 0 Å². The molecule has 12 rings (SSSR count). The largest absolute Gasteiger partial charge is 0.182 e. The van der Waals surface area contributed by atoms with Crippen LogP contribution in [0.2, 0.25) is 0 Å². The van der Waals surface area contributed by atoms with E-state index in [1.54, 1.807) is 0 Å². The average molecular weight is 701 g/mol. The van der Waals surface area contributed by atoms with E-state index in [-0.39, 0.29) is 5.41 Å². The summed E-state index contributed by atoms with van der Waals surface area (Å²) in [5, 5.41) is 11.2. The van der Waals surface area contributed by atoms with Crippen LogP contribution in [0.1, 0.15) is 25.0 Å². The van der Waals surface area contributed by atoms with Crippen LogP contribution < -0.4 is 20.7 Å². The topological polar surface area (TPSA) is 0 Å². The summed E-state index contributed by atoms with van der Waals surface area (Å²) in [6.45, 7) is 4.76. The molecule has 0 aromatic heterocycles. The summed E-state index contributed by atoms with van der Waals surface area (Å²) < 4.78 is 0. The molecule has 0 radical (unpaired) electrons. The zero-order valence-corrected chi connectivity index (χ0v) is 31.3. The molecular formula is C53H36Si. The van der Waals surface area contributed by atoms with E-state index in [4.69, 9.17) is 0 Å². The predicted octanol–water partition coefficient (Wildman–Crippen LogP) is 11.0. The molecule has 3 aliphatic rings. The normalized spacial score (nSPS) is 14.8. The number of fused-ring (bicyclic) bond motifs is 15. The van der Waals surface area contributed by atoms with E-state index in [9.17, 15) is 0 Å². The van der Waals surface area contributed by atoms with Crippen molar-refractivity contribution < 1.29 is 0 Å². The van der Waals surface area contributed by atoms with Crippen molar-refractivity contribution in [3.8, 4) is 55.6 Å². The van der Waals surface area contributed by atoms with Crippen LogP contribution in [0.15, 0.2) is 182 Å². The molecule has 0 nitrogen and oxygen atoms in total. The molecule has 1 heteroatoms. The van der Waals surface area contributed by atoms with Crippen molar-refractivity contribution >= 4 is 50.4 Å². The number of benzene rings is 9. The van der Waals surface area contributed by atoms with Crippen molar-refractivity contribution in [1.29, 1.82) is 0 Å². The highest BCUT2D eigenvalue weighted by Crippen LogP contribution is 2.51. The second-order valence-corrected chi connectivity index (χ2v) is 19.6. The van der Waals surface area contributed by atoms with Crippen LogP contribution >= 0.6 is 0 Å². The van der Waals surface area contributed by atoms with Crippen LogP contribution in [0, 0.1) is 0 Å². The van der Waals surface area contributed by atoms with Crippen molar-refractivity contribution in [2.45, 2.75) is 19.3 Å². The quantitative estimate of drug-likeness (QED) is 0.124. The lowest BCUT2D eigenvalue weighted by Crippen LogP contribution is -2.70. The fourth-order valence-corrected chi connectivity index (χ4v) is 16.5. The SMILES string of the molecule is CC1(C)c2ccccc2-c2ccc(-c3c4ccccc4c(-c4ccc5c(c4)[Si]4(c6ccccc6-c6ccccc64)c4ccccc4-5)c4ccccc34)cc21. The molecule has 0 fully saturated rings. The Hall–Kier alpha value is -6.28. The first kappa shape index (κ1) is 30.2. The third-order valence-electron chi connectivity index (χ3n) is 13.1. The van der Waals surface area contributed by atoms with Crippen LogP contribution in [-0.2, 0) is 5.41 Å². The van der Waals surface area contributed by atoms with Crippen LogP contribution in [0.4, 0.5) is 0 Å². The van der Waals surface area contributed by atoms with Crippen LogP contribution in [-0.4, -0.2) is 8.07 Å². The molecule has 1 aliphatic carbocycles. The van der Waals surface area contributed by atoms with Gasteiger partial charge >= 0.3 is 0 Å². The first-order valence-electron chi connectivity index (χ1n) is 19.2. The van der Waals surface area contributed by atoms with Gasteiger partial charge in [-0.2, -0.15) is 0 Å². The van der Waals surface area contributed by atoms with Crippen molar-refractivity contribution in [3.63, 3.8) is 0 Å². The minimum atomic E-state index is -2.57. The molecule has 2 aliphatic heterocycles. The molecule has 0 bridgehead atoms. The average Bonchev–Trinajstić information content (AvgIpc) is 3.78. The third kappa shape index (κ3) is 3.68. The Morgan fingerprint density at radius 2 is 0.685 bits per heavy atom. The summed E-state index contributed by atoms with van der Waals surface area (Å²) in [5.41, 5.74) is 16.3. The van der Waals surface area contributed by atoms with Crippen LogP contribution in [0.3, 0.4) is 0 Å². The Labute approximate surface area is 317 Å². The first-order chi connectivity index (χ1) is 26.6. The lowest BCUT2D eigenvalue weighted by atomic mass is 9.80. The number of hydrogen-bond donors (Lipinski definition) is 0. The van der Waals surface area contributed by atoms with Gasteiger partial charge in [0.15, 0.2) is 8.07 Å². The highest BCUT2D eigenvalue weighted by molar-refractivity contribution is 7.24. The van der Waals surface area contributed by atoms with Gasteiger partial charge in [0.2, 0.25) is 0 Å². The monoisotopic (exact) mass is 700 g/mol. The van der Waals surface area contributed by atoms with E-state index in [1.807, 2.05) is 0 Å². The van der Waals surface area contributed by atoms with Crippen molar-refractivity contribution in [2.75, 3.05) is 0 Å². The van der Waals surface area contributed by atoms with Gasteiger partial charge < -0.3 is 0 Å². The summed E-state index contributed by atoms with van der Waals surface area (Å²) in [6.07, 6.45) is 0. The minimum absolute atomic E-state index is 0.0627.